The van der Waals surface area contributed by atoms with Crippen LogP contribution in [0, 0.1) is 35.0 Å². The topological polar surface area (TPSA) is 62.3 Å². The van der Waals surface area contributed by atoms with E-state index in [0.29, 0.717) is 35.6 Å². The fourth-order valence-corrected chi connectivity index (χ4v) is 8.14. The monoisotopic (exact) mass is 409 g/mol. The summed E-state index contributed by atoms with van der Waals surface area (Å²) in [6.45, 7) is 8.24. The fourth-order valence-electron chi connectivity index (χ4n) is 8.14. The van der Waals surface area contributed by atoms with Gasteiger partial charge < -0.3 is 10.2 Å². The Labute approximate surface area is 180 Å². The highest BCUT2D eigenvalue weighted by Gasteiger charge is 2.63. The third-order valence-corrected chi connectivity index (χ3v) is 8.40. The first kappa shape index (κ1) is 20.0. The molecule has 0 spiro atoms. The van der Waals surface area contributed by atoms with Crippen molar-refractivity contribution >= 4 is 17.6 Å². The van der Waals surface area contributed by atoms with Gasteiger partial charge in [0.1, 0.15) is 5.82 Å². The second-order valence-corrected chi connectivity index (χ2v) is 11.7. The fraction of sp³-hybridized carbons (Fsp3) is 0.720. The van der Waals surface area contributed by atoms with Crippen LogP contribution in [0.2, 0.25) is 0 Å². The molecule has 1 aliphatic heterocycles. The average Bonchev–Trinajstić information content (AvgIpc) is 2.66. The van der Waals surface area contributed by atoms with Crippen molar-refractivity contribution in [1.82, 2.24) is 9.88 Å². The van der Waals surface area contributed by atoms with Crippen molar-refractivity contribution < 1.29 is 9.59 Å². The number of piperidine rings is 1. The first-order valence-electron chi connectivity index (χ1n) is 11.7. The Bertz CT molecular complexity index is 838. The second kappa shape index (κ2) is 6.80. The van der Waals surface area contributed by atoms with Gasteiger partial charge in [0.25, 0.3) is 0 Å². The average molecular weight is 410 g/mol. The summed E-state index contributed by atoms with van der Waals surface area (Å²) in [5.74, 6) is 1.73. The number of rotatable bonds is 3. The highest BCUT2D eigenvalue weighted by Crippen LogP contribution is 2.69. The lowest BCUT2D eigenvalue weighted by Gasteiger charge is -2.65. The molecular formula is C25H35N3O2. The second-order valence-electron chi connectivity index (χ2n) is 11.7. The molecule has 6 rings (SSSR count). The first-order chi connectivity index (χ1) is 14.2. The zero-order chi connectivity index (χ0) is 21.1. The lowest BCUT2D eigenvalue weighted by Crippen LogP contribution is -2.61. The number of likely N-dealkylation sites (tertiary alicyclic amines) is 1. The van der Waals surface area contributed by atoms with Crippen LogP contribution in [-0.2, 0) is 9.59 Å². The lowest BCUT2D eigenvalue weighted by molar-refractivity contribution is -0.180. The molecule has 5 fully saturated rings. The molecule has 4 saturated carbocycles. The van der Waals surface area contributed by atoms with Crippen LogP contribution in [0.1, 0.15) is 70.8 Å². The molecule has 5 nitrogen and oxygen atoms in total. The zero-order valence-electron chi connectivity index (χ0n) is 18.7. The van der Waals surface area contributed by atoms with E-state index < -0.39 is 0 Å². The number of pyridine rings is 1. The molecule has 2 atom stereocenters. The van der Waals surface area contributed by atoms with Crippen molar-refractivity contribution in [3.63, 3.8) is 0 Å². The van der Waals surface area contributed by atoms with Crippen LogP contribution in [0.4, 0.5) is 5.82 Å². The molecule has 1 aromatic heterocycles. The van der Waals surface area contributed by atoms with Crippen molar-refractivity contribution in [2.45, 2.75) is 72.1 Å². The number of hydrogen-bond acceptors (Lipinski definition) is 3. The number of aryl methyl sites for hydroxylation is 1. The molecule has 5 heteroatoms. The summed E-state index contributed by atoms with van der Waals surface area (Å²) in [6, 6.07) is 3.80. The quantitative estimate of drug-likeness (QED) is 0.796. The van der Waals surface area contributed by atoms with E-state index in [1.165, 1.54) is 19.3 Å². The number of anilines is 1. The molecule has 0 aromatic carbocycles. The third kappa shape index (κ3) is 3.44. The molecule has 1 N–H and O–H groups in total. The Kier molecular flexibility index (Phi) is 4.53. The normalized spacial score (nSPS) is 38.0. The van der Waals surface area contributed by atoms with Crippen LogP contribution in [-0.4, -0.2) is 34.8 Å². The maximum Gasteiger partial charge on any atom is 0.228 e. The molecule has 1 saturated heterocycles. The summed E-state index contributed by atoms with van der Waals surface area (Å²) in [7, 11) is 0. The van der Waals surface area contributed by atoms with Gasteiger partial charge in [0, 0.05) is 25.2 Å². The Morgan fingerprint density at radius 3 is 2.27 bits per heavy atom. The van der Waals surface area contributed by atoms with Gasteiger partial charge in [-0.15, -0.1) is 0 Å². The van der Waals surface area contributed by atoms with Gasteiger partial charge in [-0.2, -0.15) is 0 Å². The van der Waals surface area contributed by atoms with Crippen LogP contribution in [0.25, 0.3) is 0 Å². The van der Waals surface area contributed by atoms with Crippen molar-refractivity contribution in [1.29, 1.82) is 0 Å². The van der Waals surface area contributed by atoms with Crippen LogP contribution in [0.3, 0.4) is 0 Å². The predicted molar refractivity (Wildman–Crippen MR) is 117 cm³/mol. The molecule has 4 bridgehead atoms. The molecule has 4 aliphatic carbocycles. The molecule has 1 aromatic rings. The van der Waals surface area contributed by atoms with E-state index in [9.17, 15) is 9.59 Å². The minimum atomic E-state index is -0.135. The van der Waals surface area contributed by atoms with E-state index in [0.717, 1.165) is 43.6 Å². The maximum absolute atomic E-state index is 13.8. The minimum absolute atomic E-state index is 0.0354. The predicted octanol–water partition coefficient (Wildman–Crippen LogP) is 4.56. The number of hydrogen-bond donors (Lipinski definition) is 1. The Morgan fingerprint density at radius 1 is 1.03 bits per heavy atom. The summed E-state index contributed by atoms with van der Waals surface area (Å²) >= 11 is 0. The minimum Gasteiger partial charge on any atom is -0.342 e. The van der Waals surface area contributed by atoms with E-state index in [4.69, 9.17) is 0 Å². The smallest absolute Gasteiger partial charge is 0.228 e. The Hall–Kier alpha value is -1.91. The SMILES string of the molecule is Cc1ccc(NC(=O)C2CCN(C(=O)C34CC5CC(C)(CC(C)(C5)C3)C4)CC2)nc1. The standard InChI is InChI=1S/C25H35N3O2/c1-17-4-5-20(26-13-17)27-21(29)19-6-8-28(9-7-19)22(30)25-12-18-10-23(2,15-25)14-24(3,11-18)16-25/h4-5,13,18-19H,6-12,14-16H2,1-3H3,(H,26,27,29). The number of carbonyl (C=O) groups is 2. The molecule has 2 amide bonds. The number of carbonyl (C=O) groups excluding carboxylic acids is 2. The van der Waals surface area contributed by atoms with E-state index in [2.05, 4.69) is 29.0 Å². The Balaban J connectivity index is 1.22. The van der Waals surface area contributed by atoms with Gasteiger partial charge in [0.05, 0.1) is 5.41 Å². The van der Waals surface area contributed by atoms with Crippen LogP contribution >= 0.6 is 0 Å². The van der Waals surface area contributed by atoms with E-state index in [1.807, 2.05) is 19.1 Å². The zero-order valence-corrected chi connectivity index (χ0v) is 18.7. The summed E-state index contributed by atoms with van der Waals surface area (Å²) in [5, 5.41) is 2.95. The first-order valence-corrected chi connectivity index (χ1v) is 11.7. The van der Waals surface area contributed by atoms with E-state index in [1.54, 1.807) is 6.20 Å². The van der Waals surface area contributed by atoms with Crippen LogP contribution in [0.5, 0.6) is 0 Å². The molecule has 0 radical (unpaired) electrons. The highest BCUT2D eigenvalue weighted by molar-refractivity contribution is 5.92. The van der Waals surface area contributed by atoms with Gasteiger partial charge >= 0.3 is 0 Å². The van der Waals surface area contributed by atoms with Gasteiger partial charge in [0.15, 0.2) is 0 Å². The molecule has 162 valence electrons. The van der Waals surface area contributed by atoms with E-state index >= 15 is 0 Å². The van der Waals surface area contributed by atoms with Gasteiger partial charge in [-0.25, -0.2) is 4.98 Å². The summed E-state index contributed by atoms with van der Waals surface area (Å²) in [4.78, 5) is 32.8. The number of aromatic nitrogens is 1. The number of amides is 2. The summed E-state index contributed by atoms with van der Waals surface area (Å²) in [5.41, 5.74) is 1.64. The highest BCUT2D eigenvalue weighted by atomic mass is 16.2. The summed E-state index contributed by atoms with van der Waals surface area (Å²) in [6.07, 6.45) is 10.4. The van der Waals surface area contributed by atoms with Crippen molar-refractivity contribution in [2.24, 2.45) is 28.1 Å². The van der Waals surface area contributed by atoms with Crippen LogP contribution < -0.4 is 5.32 Å². The number of nitrogens with one attached hydrogen (secondary N) is 1. The van der Waals surface area contributed by atoms with Gasteiger partial charge in [-0.05, 0) is 86.7 Å². The molecule has 5 aliphatic rings. The van der Waals surface area contributed by atoms with Crippen molar-refractivity contribution in [2.75, 3.05) is 18.4 Å². The molecule has 2 heterocycles. The van der Waals surface area contributed by atoms with E-state index in [-0.39, 0.29) is 17.2 Å². The molecule has 2 unspecified atom stereocenters. The third-order valence-electron chi connectivity index (χ3n) is 8.40. The van der Waals surface area contributed by atoms with Gasteiger partial charge in [-0.3, -0.25) is 9.59 Å². The molecule has 30 heavy (non-hydrogen) atoms. The largest absolute Gasteiger partial charge is 0.342 e. The van der Waals surface area contributed by atoms with Crippen LogP contribution in [0.15, 0.2) is 18.3 Å². The Morgan fingerprint density at radius 2 is 1.70 bits per heavy atom. The summed E-state index contributed by atoms with van der Waals surface area (Å²) < 4.78 is 0. The van der Waals surface area contributed by atoms with Crippen molar-refractivity contribution in [3.05, 3.63) is 23.9 Å². The van der Waals surface area contributed by atoms with Gasteiger partial charge in [0.2, 0.25) is 11.8 Å². The van der Waals surface area contributed by atoms with Crippen molar-refractivity contribution in [3.8, 4) is 0 Å². The maximum atomic E-state index is 13.8. The lowest BCUT2D eigenvalue weighted by atomic mass is 9.40. The molecular weight excluding hydrogens is 374 g/mol. The van der Waals surface area contributed by atoms with Gasteiger partial charge in [-0.1, -0.05) is 19.9 Å². The number of nitrogens with zero attached hydrogens (tertiary/aromatic N) is 2.